The van der Waals surface area contributed by atoms with Crippen molar-refractivity contribution in [1.29, 1.82) is 0 Å². The van der Waals surface area contributed by atoms with E-state index in [9.17, 15) is 4.79 Å². The second-order valence-corrected chi connectivity index (χ2v) is 6.20. The fraction of sp³-hybridized carbons (Fsp3) is 0.158. The number of thiazole rings is 1. The lowest BCUT2D eigenvalue weighted by Gasteiger charge is -2.10. The molecule has 0 aliphatic rings. The lowest BCUT2D eigenvalue weighted by Crippen LogP contribution is -2.30. The van der Waals surface area contributed by atoms with Crippen molar-refractivity contribution in [3.63, 3.8) is 0 Å². The van der Waals surface area contributed by atoms with Gasteiger partial charge >= 0.3 is 0 Å². The molecule has 1 N–H and O–H groups in total. The first-order valence-corrected chi connectivity index (χ1v) is 8.65. The molecule has 0 aliphatic carbocycles. The van der Waals surface area contributed by atoms with E-state index in [0.717, 1.165) is 21.7 Å². The smallest absolute Gasteiger partial charge is 0.244 e. The molecule has 4 nitrogen and oxygen atoms in total. The quantitative estimate of drug-likeness (QED) is 0.780. The van der Waals surface area contributed by atoms with Gasteiger partial charge < -0.3 is 5.32 Å². The first kappa shape index (κ1) is 16.2. The number of rotatable bonds is 4. The van der Waals surface area contributed by atoms with Crippen molar-refractivity contribution in [3.8, 4) is 16.9 Å². The maximum Gasteiger partial charge on any atom is 0.244 e. The van der Waals surface area contributed by atoms with E-state index in [1.807, 2.05) is 48.5 Å². The molecule has 0 saturated carbocycles. The Morgan fingerprint density at radius 3 is 2.33 bits per heavy atom. The van der Waals surface area contributed by atoms with Crippen LogP contribution < -0.4 is 10.1 Å². The van der Waals surface area contributed by atoms with Crippen molar-refractivity contribution in [2.45, 2.75) is 13.0 Å². The van der Waals surface area contributed by atoms with E-state index in [2.05, 4.69) is 32.4 Å². The van der Waals surface area contributed by atoms with Gasteiger partial charge in [-0.15, -0.1) is 11.3 Å². The summed E-state index contributed by atoms with van der Waals surface area (Å²) in [7, 11) is 1.63. The van der Waals surface area contributed by atoms with Gasteiger partial charge in [0.2, 0.25) is 5.91 Å². The maximum absolute atomic E-state index is 11.8. The minimum atomic E-state index is -0.438. The summed E-state index contributed by atoms with van der Waals surface area (Å²) in [6, 6.07) is 19.8. The first-order chi connectivity index (χ1) is 11.7. The Balaban J connectivity index is 2.20. The van der Waals surface area contributed by atoms with Gasteiger partial charge in [0.05, 0.1) is 5.69 Å². The highest BCUT2D eigenvalue weighted by molar-refractivity contribution is 7.07. The number of likely N-dealkylation sites (N-methyl/N-ethyl adjacent to an activating group) is 1. The van der Waals surface area contributed by atoms with Crippen LogP contribution in [-0.4, -0.2) is 23.6 Å². The molecule has 0 radical (unpaired) electrons. The third kappa shape index (κ3) is 3.31. The molecule has 1 unspecified atom stereocenters. The molecule has 3 aromatic rings. The van der Waals surface area contributed by atoms with E-state index in [0.29, 0.717) is 0 Å². The minimum absolute atomic E-state index is 0.0933. The number of para-hydroxylation sites is 1. The monoisotopic (exact) mass is 337 g/mol. The molecular formula is C19H19N3OS. The predicted molar refractivity (Wildman–Crippen MR) is 98.2 cm³/mol. The van der Waals surface area contributed by atoms with E-state index < -0.39 is 6.04 Å². The second kappa shape index (κ2) is 7.27. The molecule has 24 heavy (non-hydrogen) atoms. The van der Waals surface area contributed by atoms with Crippen LogP contribution in [0.3, 0.4) is 0 Å². The van der Waals surface area contributed by atoms with Crippen LogP contribution >= 0.6 is 11.3 Å². The van der Waals surface area contributed by atoms with E-state index >= 15 is 0 Å². The van der Waals surface area contributed by atoms with Gasteiger partial charge in [0.15, 0.2) is 4.80 Å². The molecule has 0 spiro atoms. The largest absolute Gasteiger partial charge is 0.357 e. The van der Waals surface area contributed by atoms with Crippen molar-refractivity contribution in [3.05, 3.63) is 70.8 Å². The van der Waals surface area contributed by atoms with Gasteiger partial charge in [0.1, 0.15) is 6.04 Å². The third-order valence-corrected chi connectivity index (χ3v) is 4.56. The Labute approximate surface area is 145 Å². The number of nitrogens with zero attached hydrogens (tertiary/aromatic N) is 2. The fourth-order valence-corrected chi connectivity index (χ4v) is 3.46. The fourth-order valence-electron chi connectivity index (χ4n) is 2.47. The van der Waals surface area contributed by atoms with Gasteiger partial charge in [0, 0.05) is 18.1 Å². The van der Waals surface area contributed by atoms with Crippen molar-refractivity contribution < 1.29 is 4.79 Å². The zero-order valence-corrected chi connectivity index (χ0v) is 14.5. The van der Waals surface area contributed by atoms with Gasteiger partial charge in [0.25, 0.3) is 0 Å². The minimum Gasteiger partial charge on any atom is -0.357 e. The van der Waals surface area contributed by atoms with Crippen LogP contribution in [0.1, 0.15) is 6.92 Å². The predicted octanol–water partition coefficient (Wildman–Crippen LogP) is 3.24. The Morgan fingerprint density at radius 1 is 1.08 bits per heavy atom. The van der Waals surface area contributed by atoms with Crippen LogP contribution in [0.15, 0.2) is 71.0 Å². The van der Waals surface area contributed by atoms with Crippen molar-refractivity contribution >= 4 is 17.2 Å². The number of carbonyl (C=O) groups is 1. The zero-order chi connectivity index (χ0) is 16.9. The summed E-state index contributed by atoms with van der Waals surface area (Å²) in [5.41, 5.74) is 3.21. The molecule has 1 atom stereocenters. The van der Waals surface area contributed by atoms with Crippen LogP contribution in [0.5, 0.6) is 0 Å². The highest BCUT2D eigenvalue weighted by Crippen LogP contribution is 2.23. The summed E-state index contributed by atoms with van der Waals surface area (Å²) in [4.78, 5) is 17.3. The van der Waals surface area contributed by atoms with Crippen LogP contribution in [0.4, 0.5) is 0 Å². The van der Waals surface area contributed by atoms with Gasteiger partial charge in [-0.3, -0.25) is 9.36 Å². The summed E-state index contributed by atoms with van der Waals surface area (Å²) in [6.45, 7) is 1.80. The van der Waals surface area contributed by atoms with Gasteiger partial charge in [-0.05, 0) is 24.6 Å². The standard InChI is InChI=1S/C19H19N3OS/c1-14(18(23)20-2)21-19-22(16-11-7-4-8-12-16)17(13-24-19)15-9-5-3-6-10-15/h3-14H,1-2H3,(H,20,23). The van der Waals surface area contributed by atoms with Crippen LogP contribution in [0.25, 0.3) is 16.9 Å². The SMILES string of the molecule is CNC(=O)C(C)N=c1scc(-c2ccccc2)n1-c1ccccc1. The molecule has 3 rings (SSSR count). The van der Waals surface area contributed by atoms with Crippen molar-refractivity contribution in [2.75, 3.05) is 7.05 Å². The number of carbonyl (C=O) groups excluding carboxylic acids is 1. The van der Waals surface area contributed by atoms with Crippen molar-refractivity contribution in [2.24, 2.45) is 4.99 Å². The van der Waals surface area contributed by atoms with Gasteiger partial charge in [-0.2, -0.15) is 0 Å². The number of hydrogen-bond acceptors (Lipinski definition) is 3. The summed E-state index contributed by atoms with van der Waals surface area (Å²) >= 11 is 1.54. The Bertz CT molecular complexity index is 882. The lowest BCUT2D eigenvalue weighted by atomic mass is 10.1. The normalized spacial score (nSPS) is 12.8. The number of nitrogens with one attached hydrogen (secondary N) is 1. The molecule has 2 aromatic carbocycles. The average molecular weight is 337 g/mol. The Morgan fingerprint density at radius 2 is 1.71 bits per heavy atom. The second-order valence-electron chi connectivity index (χ2n) is 5.36. The summed E-state index contributed by atoms with van der Waals surface area (Å²) in [5.74, 6) is -0.0933. The first-order valence-electron chi connectivity index (χ1n) is 7.77. The van der Waals surface area contributed by atoms with Gasteiger partial charge in [-0.25, -0.2) is 4.99 Å². The number of hydrogen-bond donors (Lipinski definition) is 1. The number of amides is 1. The average Bonchev–Trinajstić information content (AvgIpc) is 3.06. The molecule has 0 saturated heterocycles. The Kier molecular flexibility index (Phi) is 4.91. The van der Waals surface area contributed by atoms with E-state index in [4.69, 9.17) is 0 Å². The molecule has 1 heterocycles. The Hall–Kier alpha value is -2.66. The summed E-state index contributed by atoms with van der Waals surface area (Å²) in [5, 5.41) is 4.73. The molecule has 0 aliphatic heterocycles. The van der Waals surface area contributed by atoms with Crippen LogP contribution in [-0.2, 0) is 4.79 Å². The summed E-state index contributed by atoms with van der Waals surface area (Å²) < 4.78 is 2.10. The highest BCUT2D eigenvalue weighted by Gasteiger charge is 2.13. The molecule has 5 heteroatoms. The lowest BCUT2D eigenvalue weighted by molar-refractivity contribution is -0.121. The topological polar surface area (TPSA) is 46.4 Å². The van der Waals surface area contributed by atoms with Crippen molar-refractivity contribution in [1.82, 2.24) is 9.88 Å². The van der Waals surface area contributed by atoms with E-state index in [1.54, 1.807) is 14.0 Å². The third-order valence-electron chi connectivity index (χ3n) is 3.72. The molecular weight excluding hydrogens is 318 g/mol. The van der Waals surface area contributed by atoms with E-state index in [1.165, 1.54) is 11.3 Å². The molecule has 0 fully saturated rings. The molecule has 122 valence electrons. The molecule has 1 aromatic heterocycles. The van der Waals surface area contributed by atoms with Crippen LogP contribution in [0.2, 0.25) is 0 Å². The highest BCUT2D eigenvalue weighted by atomic mass is 32.1. The molecule has 1 amide bonds. The maximum atomic E-state index is 11.8. The number of aromatic nitrogens is 1. The van der Waals surface area contributed by atoms with Gasteiger partial charge in [-0.1, -0.05) is 48.5 Å². The summed E-state index contributed by atoms with van der Waals surface area (Å²) in [6.07, 6.45) is 0. The zero-order valence-electron chi connectivity index (χ0n) is 13.6. The van der Waals surface area contributed by atoms with Crippen LogP contribution in [0, 0.1) is 0 Å². The number of benzene rings is 2. The van der Waals surface area contributed by atoms with E-state index in [-0.39, 0.29) is 5.91 Å². The molecule has 0 bridgehead atoms.